The highest BCUT2D eigenvalue weighted by Crippen LogP contribution is 2.38. The van der Waals surface area contributed by atoms with Crippen molar-refractivity contribution >= 4 is 11.0 Å². The maximum absolute atomic E-state index is 6.35. The molecular formula is C29H31NO4. The van der Waals surface area contributed by atoms with E-state index in [1.165, 1.54) is 16.7 Å². The van der Waals surface area contributed by atoms with E-state index in [-0.39, 0.29) is 6.10 Å². The summed E-state index contributed by atoms with van der Waals surface area (Å²) in [7, 11) is 3.37. The Morgan fingerprint density at radius 1 is 0.882 bits per heavy atom. The largest absolute Gasteiger partial charge is 0.493 e. The molecule has 3 aromatic carbocycles. The van der Waals surface area contributed by atoms with E-state index >= 15 is 0 Å². The van der Waals surface area contributed by atoms with E-state index in [2.05, 4.69) is 41.3 Å². The third kappa shape index (κ3) is 4.36. The first-order chi connectivity index (χ1) is 16.6. The summed E-state index contributed by atoms with van der Waals surface area (Å²) in [5.41, 5.74) is 5.73. The van der Waals surface area contributed by atoms with Gasteiger partial charge in [-0.05, 0) is 61.2 Å². The van der Waals surface area contributed by atoms with E-state index in [4.69, 9.17) is 18.6 Å². The molecule has 5 nitrogen and oxygen atoms in total. The summed E-state index contributed by atoms with van der Waals surface area (Å²) in [5, 5.41) is 1.11. The highest BCUT2D eigenvalue weighted by Gasteiger charge is 2.22. The Labute approximate surface area is 200 Å². The van der Waals surface area contributed by atoms with Crippen LogP contribution in [-0.2, 0) is 19.5 Å². The maximum Gasteiger partial charge on any atom is 0.176 e. The first kappa shape index (κ1) is 22.4. The number of hydrogen-bond donors (Lipinski definition) is 0. The fourth-order valence-electron chi connectivity index (χ4n) is 4.70. The average Bonchev–Trinajstić information content (AvgIpc) is 3.31. The van der Waals surface area contributed by atoms with Crippen molar-refractivity contribution in [3.8, 4) is 28.6 Å². The third-order valence-corrected chi connectivity index (χ3v) is 6.35. The van der Waals surface area contributed by atoms with Crippen LogP contribution in [-0.4, -0.2) is 31.8 Å². The molecule has 0 atom stereocenters. The number of ether oxygens (including phenoxy) is 3. The molecule has 0 saturated carbocycles. The lowest BCUT2D eigenvalue weighted by Gasteiger charge is -2.29. The number of rotatable bonds is 7. The first-order valence-electron chi connectivity index (χ1n) is 11.8. The molecule has 5 heteroatoms. The van der Waals surface area contributed by atoms with Gasteiger partial charge in [-0.25, -0.2) is 0 Å². The number of benzene rings is 3. The molecule has 0 bridgehead atoms. The fraction of sp³-hybridized carbons (Fsp3) is 0.310. The molecular weight excluding hydrogens is 426 g/mol. The van der Waals surface area contributed by atoms with Crippen molar-refractivity contribution in [1.29, 1.82) is 0 Å². The van der Waals surface area contributed by atoms with Crippen LogP contribution in [0.15, 0.2) is 65.1 Å². The Bertz CT molecular complexity index is 1290. The van der Waals surface area contributed by atoms with Crippen LogP contribution in [0.4, 0.5) is 0 Å². The second-order valence-corrected chi connectivity index (χ2v) is 9.05. The second kappa shape index (κ2) is 9.43. The van der Waals surface area contributed by atoms with E-state index in [0.29, 0.717) is 0 Å². The van der Waals surface area contributed by atoms with Gasteiger partial charge in [-0.15, -0.1) is 0 Å². The third-order valence-electron chi connectivity index (χ3n) is 6.35. The molecule has 0 N–H and O–H groups in total. The molecule has 0 saturated heterocycles. The summed E-state index contributed by atoms with van der Waals surface area (Å²) in [4.78, 5) is 2.47. The van der Waals surface area contributed by atoms with Gasteiger partial charge < -0.3 is 18.6 Å². The van der Waals surface area contributed by atoms with Crippen LogP contribution >= 0.6 is 0 Å². The lowest BCUT2D eigenvalue weighted by molar-refractivity contribution is 0.240. The zero-order chi connectivity index (χ0) is 23.7. The Hall–Kier alpha value is -3.44. The van der Waals surface area contributed by atoms with Crippen molar-refractivity contribution in [1.82, 2.24) is 4.90 Å². The number of fused-ring (bicyclic) bond motifs is 2. The maximum atomic E-state index is 6.35. The Morgan fingerprint density at radius 2 is 1.62 bits per heavy atom. The summed E-state index contributed by atoms with van der Waals surface area (Å²) in [6.07, 6.45) is 1.05. The quantitative estimate of drug-likeness (QED) is 0.319. The van der Waals surface area contributed by atoms with Gasteiger partial charge in [-0.2, -0.15) is 0 Å². The van der Waals surface area contributed by atoms with Crippen LogP contribution < -0.4 is 14.2 Å². The van der Waals surface area contributed by atoms with Gasteiger partial charge in [-0.3, -0.25) is 4.90 Å². The van der Waals surface area contributed by atoms with Crippen molar-refractivity contribution in [2.24, 2.45) is 0 Å². The summed E-state index contributed by atoms with van der Waals surface area (Å²) in [6, 6.07) is 20.8. The Balaban J connectivity index is 1.47. The van der Waals surface area contributed by atoms with Gasteiger partial charge in [-0.1, -0.05) is 36.4 Å². The second-order valence-electron chi connectivity index (χ2n) is 9.05. The molecule has 0 unspecified atom stereocenters. The predicted molar refractivity (Wildman–Crippen MR) is 135 cm³/mol. The van der Waals surface area contributed by atoms with Crippen LogP contribution in [0.2, 0.25) is 0 Å². The molecule has 2 heterocycles. The molecule has 176 valence electrons. The minimum absolute atomic E-state index is 0.0740. The molecule has 0 amide bonds. The minimum atomic E-state index is 0.0740. The van der Waals surface area contributed by atoms with Crippen molar-refractivity contribution < 1.29 is 18.6 Å². The smallest absolute Gasteiger partial charge is 0.176 e. The van der Waals surface area contributed by atoms with Gasteiger partial charge in [0.05, 0.1) is 20.3 Å². The van der Waals surface area contributed by atoms with Crippen LogP contribution in [0, 0.1) is 0 Å². The summed E-state index contributed by atoms with van der Waals surface area (Å²) in [6.45, 7) is 6.76. The molecule has 34 heavy (non-hydrogen) atoms. The topological polar surface area (TPSA) is 44.1 Å². The van der Waals surface area contributed by atoms with Crippen LogP contribution in [0.25, 0.3) is 22.3 Å². The van der Waals surface area contributed by atoms with E-state index < -0.39 is 0 Å². The molecule has 0 aliphatic carbocycles. The molecule has 5 rings (SSSR count). The SMILES string of the molecule is COc1cc2c(cc1OC)CN(Cc1ccc(OC(C)C)c3oc(-c4ccccc4)cc13)CC2. The van der Waals surface area contributed by atoms with Crippen molar-refractivity contribution in [3.63, 3.8) is 0 Å². The zero-order valence-corrected chi connectivity index (χ0v) is 20.3. The minimum Gasteiger partial charge on any atom is -0.493 e. The molecule has 0 fully saturated rings. The van der Waals surface area contributed by atoms with Gasteiger partial charge in [0.1, 0.15) is 5.76 Å². The van der Waals surface area contributed by atoms with Gasteiger partial charge in [0.15, 0.2) is 22.8 Å². The number of hydrogen-bond acceptors (Lipinski definition) is 5. The van der Waals surface area contributed by atoms with Crippen LogP contribution in [0.3, 0.4) is 0 Å². The van der Waals surface area contributed by atoms with Crippen LogP contribution in [0.5, 0.6) is 17.2 Å². The fourth-order valence-corrected chi connectivity index (χ4v) is 4.70. The van der Waals surface area contributed by atoms with Gasteiger partial charge >= 0.3 is 0 Å². The number of methoxy groups -OCH3 is 2. The lowest BCUT2D eigenvalue weighted by Crippen LogP contribution is -2.30. The van der Waals surface area contributed by atoms with Crippen molar-refractivity contribution in [2.75, 3.05) is 20.8 Å². The highest BCUT2D eigenvalue weighted by molar-refractivity contribution is 5.90. The molecule has 4 aromatic rings. The lowest BCUT2D eigenvalue weighted by atomic mass is 9.98. The highest BCUT2D eigenvalue weighted by atomic mass is 16.5. The van der Waals surface area contributed by atoms with E-state index in [1.54, 1.807) is 14.2 Å². The monoisotopic (exact) mass is 457 g/mol. The number of furan rings is 1. The van der Waals surface area contributed by atoms with Crippen molar-refractivity contribution in [3.05, 3.63) is 77.4 Å². The Morgan fingerprint density at radius 3 is 2.32 bits per heavy atom. The predicted octanol–water partition coefficient (Wildman–Crippen LogP) is 6.46. The van der Waals surface area contributed by atoms with E-state index in [0.717, 1.165) is 65.6 Å². The number of nitrogens with zero attached hydrogens (tertiary/aromatic N) is 1. The van der Waals surface area contributed by atoms with E-state index in [9.17, 15) is 0 Å². The van der Waals surface area contributed by atoms with E-state index in [1.807, 2.05) is 38.1 Å². The van der Waals surface area contributed by atoms with Crippen LogP contribution in [0.1, 0.15) is 30.5 Å². The normalized spacial score (nSPS) is 13.8. The standard InChI is InChI=1S/C29H31NO4/c1-19(2)33-25-11-10-22(24-16-26(34-29(24)25)20-8-6-5-7-9-20)17-30-13-12-21-14-27(31-3)28(32-4)15-23(21)18-30/h5-11,14-16,19H,12-13,17-18H2,1-4H3. The zero-order valence-electron chi connectivity index (χ0n) is 20.3. The van der Waals surface area contributed by atoms with Gasteiger partial charge in [0.25, 0.3) is 0 Å². The summed E-state index contributed by atoms with van der Waals surface area (Å²) >= 11 is 0. The summed E-state index contributed by atoms with van der Waals surface area (Å²) < 4.78 is 23.5. The average molecular weight is 458 g/mol. The first-order valence-corrected chi connectivity index (χ1v) is 11.8. The molecule has 1 aromatic heterocycles. The van der Waals surface area contributed by atoms with Gasteiger partial charge in [0, 0.05) is 30.6 Å². The molecule has 1 aliphatic heterocycles. The molecule has 0 radical (unpaired) electrons. The summed E-state index contributed by atoms with van der Waals surface area (Å²) in [5.74, 6) is 3.22. The Kier molecular flexibility index (Phi) is 6.20. The van der Waals surface area contributed by atoms with Gasteiger partial charge in [0.2, 0.25) is 0 Å². The molecule has 0 spiro atoms. The molecule has 1 aliphatic rings. The van der Waals surface area contributed by atoms with Crippen molar-refractivity contribution in [2.45, 2.75) is 39.5 Å².